The van der Waals surface area contributed by atoms with Gasteiger partial charge in [-0.15, -0.1) is 0 Å². The second-order valence-corrected chi connectivity index (χ2v) is 9.19. The molecule has 2 aromatic rings. The van der Waals surface area contributed by atoms with Crippen LogP contribution in [0.2, 0.25) is 0 Å². The number of guanidine groups is 1. The lowest BCUT2D eigenvalue weighted by Crippen LogP contribution is -2.54. The molecule has 0 bridgehead atoms. The number of hydrogen-bond donors (Lipinski definition) is 3. The summed E-state index contributed by atoms with van der Waals surface area (Å²) in [4.78, 5) is 9.11. The van der Waals surface area contributed by atoms with Crippen molar-refractivity contribution < 1.29 is 0 Å². The van der Waals surface area contributed by atoms with Crippen LogP contribution in [-0.4, -0.2) is 45.9 Å². The fourth-order valence-corrected chi connectivity index (χ4v) is 3.85. The van der Waals surface area contributed by atoms with Gasteiger partial charge in [-0.3, -0.25) is 4.99 Å². The van der Waals surface area contributed by atoms with Gasteiger partial charge in [0.15, 0.2) is 11.8 Å². The third-order valence-electron chi connectivity index (χ3n) is 5.56. The molecule has 0 saturated carbocycles. The van der Waals surface area contributed by atoms with Crippen molar-refractivity contribution in [1.82, 2.24) is 30.7 Å². The number of hydrogen-bond acceptors (Lipinski definition) is 4. The number of benzene rings is 1. The van der Waals surface area contributed by atoms with E-state index in [4.69, 9.17) is 0 Å². The summed E-state index contributed by atoms with van der Waals surface area (Å²) in [6.07, 6.45) is 1.97. The Morgan fingerprint density at radius 1 is 1.23 bits per heavy atom. The minimum Gasteiger partial charge on any atom is -0.355 e. The molecule has 0 saturated heterocycles. The lowest BCUT2D eigenvalue weighted by molar-refractivity contribution is 0.341. The fourth-order valence-electron chi connectivity index (χ4n) is 3.85. The molecule has 2 atom stereocenters. The van der Waals surface area contributed by atoms with Crippen molar-refractivity contribution in [3.63, 3.8) is 0 Å². The predicted molar refractivity (Wildman–Crippen MR) is 123 cm³/mol. The molecule has 164 valence electrons. The van der Waals surface area contributed by atoms with Gasteiger partial charge in [-0.1, -0.05) is 44.2 Å². The summed E-state index contributed by atoms with van der Waals surface area (Å²) >= 11 is 0. The number of rotatable bonds is 7. The van der Waals surface area contributed by atoms with Gasteiger partial charge in [0.05, 0.1) is 6.54 Å². The Hall–Kier alpha value is -2.41. The van der Waals surface area contributed by atoms with Crippen LogP contribution in [0.4, 0.5) is 0 Å². The van der Waals surface area contributed by atoms with E-state index in [2.05, 4.69) is 101 Å². The second kappa shape index (κ2) is 9.60. The molecule has 1 aliphatic rings. The molecule has 2 heterocycles. The van der Waals surface area contributed by atoms with Gasteiger partial charge in [0, 0.05) is 43.6 Å². The molecule has 3 N–H and O–H groups in total. The average molecular weight is 412 g/mol. The molecular weight excluding hydrogens is 374 g/mol. The molecule has 0 fully saturated rings. The standard InChI is InChI=1S/C23H37N7/c1-16(2)21-27-20-13-12-19(14-30(20)29-21)26-22(24-6)25-15-23(4,5)28-17(3)18-10-8-7-9-11-18/h7-11,16-17,19,28H,12-15H2,1-6H3,(H2,24,25,26). The van der Waals surface area contributed by atoms with Gasteiger partial charge in [-0.05, 0) is 32.8 Å². The maximum atomic E-state index is 4.68. The summed E-state index contributed by atoms with van der Waals surface area (Å²) < 4.78 is 2.05. The zero-order valence-corrected chi connectivity index (χ0v) is 19.2. The van der Waals surface area contributed by atoms with Crippen LogP contribution < -0.4 is 16.0 Å². The first-order valence-electron chi connectivity index (χ1n) is 11.0. The summed E-state index contributed by atoms with van der Waals surface area (Å²) in [6.45, 7) is 12.5. The number of aryl methyl sites for hydroxylation is 1. The number of nitrogens with one attached hydrogen (secondary N) is 3. The van der Waals surface area contributed by atoms with Crippen LogP contribution >= 0.6 is 0 Å². The summed E-state index contributed by atoms with van der Waals surface area (Å²) in [6, 6.07) is 11.1. The molecule has 30 heavy (non-hydrogen) atoms. The summed E-state index contributed by atoms with van der Waals surface area (Å²) in [5, 5.41) is 15.4. The summed E-state index contributed by atoms with van der Waals surface area (Å²) in [7, 11) is 1.82. The van der Waals surface area contributed by atoms with Crippen molar-refractivity contribution >= 4 is 5.96 Å². The van der Waals surface area contributed by atoms with E-state index >= 15 is 0 Å². The molecule has 7 nitrogen and oxygen atoms in total. The molecule has 0 radical (unpaired) electrons. The van der Waals surface area contributed by atoms with E-state index in [0.717, 1.165) is 43.5 Å². The second-order valence-electron chi connectivity index (χ2n) is 9.19. The molecule has 0 aliphatic carbocycles. The van der Waals surface area contributed by atoms with Crippen LogP contribution in [0.5, 0.6) is 0 Å². The molecule has 0 amide bonds. The molecular formula is C23H37N7. The Morgan fingerprint density at radius 2 is 1.97 bits per heavy atom. The van der Waals surface area contributed by atoms with Gasteiger partial charge in [0.25, 0.3) is 0 Å². The number of nitrogens with zero attached hydrogens (tertiary/aromatic N) is 4. The Balaban J connectivity index is 1.52. The van der Waals surface area contributed by atoms with Gasteiger partial charge in [0.1, 0.15) is 5.82 Å². The number of aliphatic imine (C=N–C) groups is 1. The van der Waals surface area contributed by atoms with E-state index in [0.29, 0.717) is 12.0 Å². The lowest BCUT2D eigenvalue weighted by Gasteiger charge is -2.32. The van der Waals surface area contributed by atoms with E-state index in [-0.39, 0.29) is 11.6 Å². The van der Waals surface area contributed by atoms with E-state index in [1.807, 2.05) is 7.05 Å². The van der Waals surface area contributed by atoms with Gasteiger partial charge in [0.2, 0.25) is 0 Å². The Kier molecular flexibility index (Phi) is 7.13. The third kappa shape index (κ3) is 5.81. The first kappa shape index (κ1) is 22.3. The molecule has 0 spiro atoms. The molecule has 1 aromatic carbocycles. The van der Waals surface area contributed by atoms with Crippen LogP contribution in [0, 0.1) is 0 Å². The molecule has 3 rings (SSSR count). The van der Waals surface area contributed by atoms with E-state index in [1.165, 1.54) is 5.56 Å². The van der Waals surface area contributed by atoms with Gasteiger partial charge in [-0.25, -0.2) is 9.67 Å². The largest absolute Gasteiger partial charge is 0.355 e. The zero-order chi connectivity index (χ0) is 21.7. The molecule has 7 heteroatoms. The Morgan fingerprint density at radius 3 is 2.63 bits per heavy atom. The summed E-state index contributed by atoms with van der Waals surface area (Å²) in [5.41, 5.74) is 1.20. The van der Waals surface area contributed by atoms with E-state index in [9.17, 15) is 0 Å². The molecule has 2 unspecified atom stereocenters. The highest BCUT2D eigenvalue weighted by Gasteiger charge is 2.25. The lowest BCUT2D eigenvalue weighted by atomic mass is 10.0. The quantitative estimate of drug-likeness (QED) is 0.482. The maximum absolute atomic E-state index is 4.68. The fraction of sp³-hybridized carbons (Fsp3) is 0.609. The smallest absolute Gasteiger partial charge is 0.191 e. The molecule has 1 aromatic heterocycles. The van der Waals surface area contributed by atoms with Crippen LogP contribution in [-0.2, 0) is 13.0 Å². The van der Waals surface area contributed by atoms with Gasteiger partial charge < -0.3 is 16.0 Å². The highest BCUT2D eigenvalue weighted by molar-refractivity contribution is 5.80. The first-order chi connectivity index (χ1) is 14.3. The average Bonchev–Trinajstić information content (AvgIpc) is 3.15. The van der Waals surface area contributed by atoms with Crippen molar-refractivity contribution in [3.8, 4) is 0 Å². The van der Waals surface area contributed by atoms with E-state index in [1.54, 1.807) is 0 Å². The molecule has 1 aliphatic heterocycles. The van der Waals surface area contributed by atoms with Crippen molar-refractivity contribution in [1.29, 1.82) is 0 Å². The monoisotopic (exact) mass is 411 g/mol. The van der Waals surface area contributed by atoms with Crippen molar-refractivity contribution in [3.05, 3.63) is 47.5 Å². The normalized spacial score (nSPS) is 18.2. The third-order valence-corrected chi connectivity index (χ3v) is 5.56. The van der Waals surface area contributed by atoms with E-state index < -0.39 is 0 Å². The Labute approximate surface area is 180 Å². The van der Waals surface area contributed by atoms with Crippen molar-refractivity contribution in [2.75, 3.05) is 13.6 Å². The van der Waals surface area contributed by atoms with Gasteiger partial charge >= 0.3 is 0 Å². The van der Waals surface area contributed by atoms with Crippen LogP contribution in [0.3, 0.4) is 0 Å². The SMILES string of the molecule is CN=C(NCC(C)(C)NC(C)c1ccccc1)NC1CCc2nc(C(C)C)nn2C1. The minimum absolute atomic E-state index is 0.0926. The van der Waals surface area contributed by atoms with Crippen LogP contribution in [0.1, 0.15) is 70.2 Å². The zero-order valence-electron chi connectivity index (χ0n) is 19.2. The number of aromatic nitrogens is 3. The van der Waals surface area contributed by atoms with Gasteiger partial charge in [-0.2, -0.15) is 5.10 Å². The van der Waals surface area contributed by atoms with Crippen LogP contribution in [0.25, 0.3) is 0 Å². The van der Waals surface area contributed by atoms with Crippen LogP contribution in [0.15, 0.2) is 35.3 Å². The minimum atomic E-state index is -0.0926. The topological polar surface area (TPSA) is 79.2 Å². The first-order valence-corrected chi connectivity index (χ1v) is 11.0. The highest BCUT2D eigenvalue weighted by Crippen LogP contribution is 2.18. The Bertz CT molecular complexity index is 838. The maximum Gasteiger partial charge on any atom is 0.191 e. The predicted octanol–water partition coefficient (Wildman–Crippen LogP) is 3.01. The highest BCUT2D eigenvalue weighted by atomic mass is 15.4. The number of fused-ring (bicyclic) bond motifs is 1. The summed E-state index contributed by atoms with van der Waals surface area (Å²) in [5.74, 6) is 3.22. The van der Waals surface area contributed by atoms with Crippen molar-refractivity contribution in [2.24, 2.45) is 4.99 Å². The van der Waals surface area contributed by atoms with Crippen molar-refractivity contribution in [2.45, 2.75) is 77.5 Å².